The van der Waals surface area contributed by atoms with Gasteiger partial charge in [0.25, 0.3) is 0 Å². The highest BCUT2D eigenvalue weighted by Gasteiger charge is 2.37. The first kappa shape index (κ1) is 17.4. The minimum absolute atomic E-state index is 1.00. The van der Waals surface area contributed by atoms with Crippen LogP contribution in [0, 0.1) is 20.8 Å². The summed E-state index contributed by atoms with van der Waals surface area (Å²) >= 11 is 0. The van der Waals surface area contributed by atoms with Crippen LogP contribution in [0.15, 0.2) is 85.5 Å². The monoisotopic (exact) mass is 342 g/mol. The lowest BCUT2D eigenvalue weighted by Crippen LogP contribution is -2.66. The smallest absolute Gasteiger partial charge is 0.103 e. The van der Waals surface area contributed by atoms with Crippen molar-refractivity contribution in [3.05, 3.63) is 102 Å². The first-order valence-electron chi connectivity index (χ1n) is 8.88. The second kappa shape index (κ2) is 7.24. The molecule has 0 N–H and O–H groups in total. The number of aryl methyl sites for hydroxylation is 3. The fourth-order valence-electron chi connectivity index (χ4n) is 3.58. The zero-order valence-corrected chi connectivity index (χ0v) is 16.4. The Balaban J connectivity index is 2.30. The Hall–Kier alpha value is -2.38. The van der Waals surface area contributed by atoms with Crippen molar-refractivity contribution < 1.29 is 0 Å². The van der Waals surface area contributed by atoms with Crippen LogP contribution in [0.25, 0.3) is 0 Å². The molecule has 0 saturated heterocycles. The van der Waals surface area contributed by atoms with Gasteiger partial charge < -0.3 is 0 Å². The molecule has 126 valence electrons. The van der Waals surface area contributed by atoms with Gasteiger partial charge in [-0.1, -0.05) is 95.6 Å². The molecule has 0 saturated carbocycles. The van der Waals surface area contributed by atoms with Gasteiger partial charge in [0.05, 0.1) is 0 Å². The highest BCUT2D eigenvalue weighted by atomic mass is 28.3. The molecule has 0 aromatic heterocycles. The summed E-state index contributed by atoms with van der Waals surface area (Å²) in [5.41, 5.74) is 3.91. The molecule has 0 nitrogen and oxygen atoms in total. The molecule has 0 radical (unpaired) electrons. The summed E-state index contributed by atoms with van der Waals surface area (Å²) < 4.78 is 0. The third kappa shape index (κ3) is 3.38. The summed E-state index contributed by atoms with van der Waals surface area (Å²) in [6.07, 6.45) is 2.10. The van der Waals surface area contributed by atoms with Gasteiger partial charge in [-0.25, -0.2) is 0 Å². The molecule has 0 heterocycles. The molecule has 0 spiro atoms. The van der Waals surface area contributed by atoms with Gasteiger partial charge in [0.15, 0.2) is 8.07 Å². The lowest BCUT2D eigenvalue weighted by atomic mass is 10.2. The van der Waals surface area contributed by atoms with Crippen LogP contribution in [0.5, 0.6) is 0 Å². The highest BCUT2D eigenvalue weighted by molar-refractivity contribution is 7.11. The van der Waals surface area contributed by atoms with Gasteiger partial charge in [-0.3, -0.25) is 0 Å². The zero-order valence-electron chi connectivity index (χ0n) is 15.4. The minimum Gasteiger partial charge on any atom is -0.103 e. The molecular weight excluding hydrogens is 316 g/mol. The van der Waals surface area contributed by atoms with Crippen LogP contribution in [-0.4, -0.2) is 8.07 Å². The van der Waals surface area contributed by atoms with E-state index in [9.17, 15) is 0 Å². The third-order valence-corrected chi connectivity index (χ3v) is 9.94. The lowest BCUT2D eigenvalue weighted by Gasteiger charge is -2.33. The molecule has 3 aromatic carbocycles. The summed E-state index contributed by atoms with van der Waals surface area (Å²) in [5, 5.41) is 4.35. The Bertz CT molecular complexity index is 729. The van der Waals surface area contributed by atoms with Gasteiger partial charge in [-0.05, 0) is 42.4 Å². The molecule has 25 heavy (non-hydrogen) atoms. The average Bonchev–Trinajstić information content (AvgIpc) is 2.62. The molecule has 0 aliphatic carbocycles. The predicted molar refractivity (Wildman–Crippen MR) is 113 cm³/mol. The summed E-state index contributed by atoms with van der Waals surface area (Å²) in [7, 11) is -2.11. The highest BCUT2D eigenvalue weighted by Crippen LogP contribution is 2.15. The van der Waals surface area contributed by atoms with Crippen LogP contribution in [0.1, 0.15) is 16.7 Å². The Morgan fingerprint density at radius 1 is 0.600 bits per heavy atom. The summed E-state index contributed by atoms with van der Waals surface area (Å²) in [4.78, 5) is 0. The van der Waals surface area contributed by atoms with Crippen molar-refractivity contribution >= 4 is 23.6 Å². The molecule has 0 unspecified atom stereocenters. The van der Waals surface area contributed by atoms with Crippen molar-refractivity contribution in [2.45, 2.75) is 26.8 Å². The van der Waals surface area contributed by atoms with Crippen LogP contribution < -0.4 is 15.6 Å². The fraction of sp³-hybridized carbons (Fsp3) is 0.167. The maximum Gasteiger partial charge on any atom is 0.151 e. The van der Waals surface area contributed by atoms with E-state index in [-0.39, 0.29) is 0 Å². The fourth-order valence-corrected chi connectivity index (χ4v) is 7.93. The number of hydrogen-bond acceptors (Lipinski definition) is 0. The van der Waals surface area contributed by atoms with Crippen molar-refractivity contribution in [3.63, 3.8) is 0 Å². The van der Waals surface area contributed by atoms with E-state index in [1.165, 1.54) is 32.3 Å². The second-order valence-corrected chi connectivity index (χ2v) is 10.9. The van der Waals surface area contributed by atoms with E-state index in [0.29, 0.717) is 0 Å². The number of rotatable bonds is 5. The van der Waals surface area contributed by atoms with Crippen molar-refractivity contribution in [1.29, 1.82) is 0 Å². The SMILES string of the molecule is C=CC[Si](c1ccc(C)cc1)(c1ccc(C)cc1)c1ccc(C)cc1. The summed E-state index contributed by atoms with van der Waals surface area (Å²) in [6.45, 7) is 10.6. The average molecular weight is 343 g/mol. The van der Waals surface area contributed by atoms with Gasteiger partial charge >= 0.3 is 0 Å². The second-order valence-electron chi connectivity index (χ2n) is 7.00. The molecule has 0 aliphatic rings. The zero-order chi connectivity index (χ0) is 17.9. The van der Waals surface area contributed by atoms with Gasteiger partial charge in [-0.2, -0.15) is 0 Å². The van der Waals surface area contributed by atoms with Gasteiger partial charge in [0.2, 0.25) is 0 Å². The third-order valence-electron chi connectivity index (χ3n) is 5.08. The van der Waals surface area contributed by atoms with Crippen molar-refractivity contribution in [2.24, 2.45) is 0 Å². The molecule has 1 heteroatoms. The maximum absolute atomic E-state index is 4.11. The van der Waals surface area contributed by atoms with E-state index in [0.717, 1.165) is 6.04 Å². The molecular formula is C24H26Si. The number of benzene rings is 3. The van der Waals surface area contributed by atoms with Crippen LogP contribution in [0.4, 0.5) is 0 Å². The van der Waals surface area contributed by atoms with E-state index >= 15 is 0 Å². The molecule has 0 bridgehead atoms. The van der Waals surface area contributed by atoms with Gasteiger partial charge in [0, 0.05) is 0 Å². The molecule has 0 atom stereocenters. The van der Waals surface area contributed by atoms with Crippen LogP contribution in [-0.2, 0) is 0 Å². The maximum atomic E-state index is 4.11. The van der Waals surface area contributed by atoms with E-state index < -0.39 is 8.07 Å². The molecule has 3 aromatic rings. The Morgan fingerprint density at radius 3 is 1.12 bits per heavy atom. The Morgan fingerprint density at radius 2 is 0.880 bits per heavy atom. The first-order chi connectivity index (χ1) is 12.1. The van der Waals surface area contributed by atoms with E-state index in [1.807, 2.05) is 0 Å². The lowest BCUT2D eigenvalue weighted by molar-refractivity contribution is 1.45. The van der Waals surface area contributed by atoms with Crippen molar-refractivity contribution in [2.75, 3.05) is 0 Å². The van der Waals surface area contributed by atoms with Crippen LogP contribution in [0.3, 0.4) is 0 Å². The molecule has 0 fully saturated rings. The Kier molecular flexibility index (Phi) is 5.05. The van der Waals surface area contributed by atoms with Crippen molar-refractivity contribution in [3.8, 4) is 0 Å². The molecule has 0 aliphatic heterocycles. The van der Waals surface area contributed by atoms with Crippen LogP contribution in [0.2, 0.25) is 6.04 Å². The standard InChI is InChI=1S/C24H26Si/c1-5-18-25(22-12-6-19(2)7-13-22,23-14-8-20(3)9-15-23)24-16-10-21(4)11-17-24/h5-17H,1,18H2,2-4H3. The van der Waals surface area contributed by atoms with E-state index in [4.69, 9.17) is 0 Å². The first-order valence-corrected chi connectivity index (χ1v) is 11.1. The van der Waals surface area contributed by atoms with Crippen LogP contribution >= 0.6 is 0 Å². The normalized spacial score (nSPS) is 11.3. The largest absolute Gasteiger partial charge is 0.151 e. The quantitative estimate of drug-likeness (QED) is 0.369. The van der Waals surface area contributed by atoms with E-state index in [1.54, 1.807) is 0 Å². The summed E-state index contributed by atoms with van der Waals surface area (Å²) in [5.74, 6) is 0. The topological polar surface area (TPSA) is 0 Å². The predicted octanol–water partition coefficient (Wildman–Crippen LogP) is 4.27. The number of hydrogen-bond donors (Lipinski definition) is 0. The molecule has 3 rings (SSSR count). The van der Waals surface area contributed by atoms with E-state index in [2.05, 4.69) is 106 Å². The Labute approximate surface area is 152 Å². The van der Waals surface area contributed by atoms with Gasteiger partial charge in [-0.15, -0.1) is 6.58 Å². The molecule has 0 amide bonds. The minimum atomic E-state index is -2.11. The van der Waals surface area contributed by atoms with Crippen molar-refractivity contribution in [1.82, 2.24) is 0 Å². The van der Waals surface area contributed by atoms with Gasteiger partial charge in [0.1, 0.15) is 0 Å². The number of allylic oxidation sites excluding steroid dienone is 1. The summed E-state index contributed by atoms with van der Waals surface area (Å²) in [6, 6.07) is 28.4.